The van der Waals surface area contributed by atoms with Crippen molar-refractivity contribution in [2.75, 3.05) is 23.3 Å². The summed E-state index contributed by atoms with van der Waals surface area (Å²) in [6.07, 6.45) is 0. The second kappa shape index (κ2) is 9.00. The minimum absolute atomic E-state index is 0.0759. The third-order valence-electron chi connectivity index (χ3n) is 4.72. The lowest BCUT2D eigenvalue weighted by Gasteiger charge is -2.24. The van der Waals surface area contributed by atoms with Crippen LogP contribution in [0.15, 0.2) is 77.7 Å². The lowest BCUT2D eigenvalue weighted by molar-refractivity contribution is -0.114. The molecule has 0 aliphatic rings. The fourth-order valence-electron chi connectivity index (χ4n) is 3.11. The van der Waals surface area contributed by atoms with Gasteiger partial charge in [0, 0.05) is 5.69 Å². The number of rotatable bonds is 7. The maximum atomic E-state index is 13.4. The zero-order valence-electron chi connectivity index (χ0n) is 17.1. The average Bonchev–Trinajstić information content (AvgIpc) is 2.75. The van der Waals surface area contributed by atoms with E-state index in [-0.39, 0.29) is 11.4 Å². The van der Waals surface area contributed by atoms with Gasteiger partial charge >= 0.3 is 0 Å². The Morgan fingerprint density at radius 3 is 2.07 bits per heavy atom. The van der Waals surface area contributed by atoms with Crippen LogP contribution in [0.1, 0.15) is 11.1 Å². The number of benzene rings is 3. The number of amides is 1. The third kappa shape index (κ3) is 4.63. The lowest BCUT2D eigenvalue weighted by atomic mass is 10.1. The summed E-state index contributed by atoms with van der Waals surface area (Å²) < 4.78 is 32.9. The molecule has 30 heavy (non-hydrogen) atoms. The van der Waals surface area contributed by atoms with E-state index < -0.39 is 15.9 Å². The van der Waals surface area contributed by atoms with Gasteiger partial charge in [-0.25, -0.2) is 8.42 Å². The van der Waals surface area contributed by atoms with Crippen LogP contribution in [0.25, 0.3) is 0 Å². The summed E-state index contributed by atoms with van der Waals surface area (Å²) >= 11 is 0. The van der Waals surface area contributed by atoms with E-state index in [2.05, 4.69) is 5.32 Å². The highest BCUT2D eigenvalue weighted by Gasteiger charge is 2.27. The van der Waals surface area contributed by atoms with Crippen molar-refractivity contribution in [1.29, 1.82) is 0 Å². The molecule has 6 nitrogen and oxygen atoms in total. The van der Waals surface area contributed by atoms with Crippen LogP contribution in [0, 0.1) is 13.8 Å². The molecule has 0 aliphatic heterocycles. The van der Waals surface area contributed by atoms with Crippen LogP contribution in [-0.4, -0.2) is 28.0 Å². The van der Waals surface area contributed by atoms with Crippen LogP contribution >= 0.6 is 0 Å². The average molecular weight is 425 g/mol. The normalized spacial score (nSPS) is 11.0. The fourth-order valence-corrected chi connectivity index (χ4v) is 4.53. The van der Waals surface area contributed by atoms with Crippen molar-refractivity contribution in [1.82, 2.24) is 0 Å². The molecule has 3 aromatic carbocycles. The van der Waals surface area contributed by atoms with Gasteiger partial charge in [-0.05, 0) is 61.4 Å². The quantitative estimate of drug-likeness (QED) is 0.618. The fraction of sp³-hybridized carbons (Fsp3) is 0.174. The maximum absolute atomic E-state index is 13.4. The van der Waals surface area contributed by atoms with Crippen molar-refractivity contribution >= 4 is 27.3 Å². The predicted molar refractivity (Wildman–Crippen MR) is 119 cm³/mol. The maximum Gasteiger partial charge on any atom is 0.264 e. The molecule has 0 saturated carbocycles. The van der Waals surface area contributed by atoms with Crippen molar-refractivity contribution in [3.05, 3.63) is 83.9 Å². The summed E-state index contributed by atoms with van der Waals surface area (Å²) in [6, 6.07) is 20.4. The Balaban J connectivity index is 1.94. The molecule has 0 heterocycles. The van der Waals surface area contributed by atoms with Crippen molar-refractivity contribution < 1.29 is 17.9 Å². The van der Waals surface area contributed by atoms with E-state index >= 15 is 0 Å². The predicted octanol–water partition coefficient (Wildman–Crippen LogP) is 4.15. The van der Waals surface area contributed by atoms with Crippen molar-refractivity contribution in [2.24, 2.45) is 0 Å². The number of hydrogen-bond acceptors (Lipinski definition) is 4. The summed E-state index contributed by atoms with van der Waals surface area (Å²) in [4.78, 5) is 12.9. The summed E-state index contributed by atoms with van der Waals surface area (Å²) in [5.74, 6) is 0.126. The van der Waals surface area contributed by atoms with Crippen molar-refractivity contribution in [3.63, 3.8) is 0 Å². The molecule has 0 bridgehead atoms. The van der Waals surface area contributed by atoms with Gasteiger partial charge in [0.25, 0.3) is 10.0 Å². The number of sulfonamides is 1. The first-order chi connectivity index (χ1) is 14.3. The van der Waals surface area contributed by atoms with Gasteiger partial charge in [0.15, 0.2) is 0 Å². The largest absolute Gasteiger partial charge is 0.497 e. The van der Waals surface area contributed by atoms with Gasteiger partial charge in [-0.3, -0.25) is 9.10 Å². The molecule has 3 aromatic rings. The number of methoxy groups -OCH3 is 1. The molecule has 0 atom stereocenters. The van der Waals surface area contributed by atoms with Gasteiger partial charge in [0.2, 0.25) is 5.91 Å². The van der Waals surface area contributed by atoms with Crippen LogP contribution < -0.4 is 14.4 Å². The molecule has 3 rings (SSSR count). The van der Waals surface area contributed by atoms with Crippen LogP contribution in [-0.2, 0) is 14.8 Å². The molecule has 0 unspecified atom stereocenters. The zero-order valence-corrected chi connectivity index (χ0v) is 17.9. The number of anilines is 2. The Hall–Kier alpha value is -3.32. The first-order valence-electron chi connectivity index (χ1n) is 9.41. The van der Waals surface area contributed by atoms with Crippen LogP contribution in [0.2, 0.25) is 0 Å². The zero-order chi connectivity index (χ0) is 21.7. The van der Waals surface area contributed by atoms with Crippen LogP contribution in [0.4, 0.5) is 11.4 Å². The molecule has 1 amide bonds. The molecule has 0 aliphatic carbocycles. The van der Waals surface area contributed by atoms with Gasteiger partial charge in [0.1, 0.15) is 12.3 Å². The highest BCUT2D eigenvalue weighted by atomic mass is 32.2. The van der Waals surface area contributed by atoms with Crippen molar-refractivity contribution in [3.8, 4) is 5.75 Å². The van der Waals surface area contributed by atoms with Gasteiger partial charge in [0.05, 0.1) is 17.7 Å². The number of para-hydroxylation sites is 2. The minimum atomic E-state index is -3.97. The van der Waals surface area contributed by atoms with E-state index in [1.54, 1.807) is 42.5 Å². The van der Waals surface area contributed by atoms with E-state index in [4.69, 9.17) is 4.74 Å². The highest BCUT2D eigenvalue weighted by Crippen LogP contribution is 2.26. The minimum Gasteiger partial charge on any atom is -0.497 e. The second-order valence-corrected chi connectivity index (χ2v) is 8.70. The molecule has 0 radical (unpaired) electrons. The standard InChI is InChI=1S/C23H24N2O4S/c1-17-8-7-9-18(2)23(17)24-22(26)16-25(19-10-5-4-6-11-19)30(27,28)21-14-12-20(29-3)13-15-21/h4-15H,16H2,1-3H3,(H,24,26). The molecule has 7 heteroatoms. The Labute approximate surface area is 177 Å². The number of nitrogens with one attached hydrogen (secondary N) is 1. The molecular weight excluding hydrogens is 400 g/mol. The Bertz CT molecular complexity index is 1110. The SMILES string of the molecule is COc1ccc(S(=O)(=O)N(CC(=O)Nc2c(C)cccc2C)c2ccccc2)cc1. The van der Waals surface area contributed by atoms with E-state index in [1.165, 1.54) is 19.2 Å². The summed E-state index contributed by atoms with van der Waals surface area (Å²) in [7, 11) is -2.46. The summed E-state index contributed by atoms with van der Waals surface area (Å²) in [6.45, 7) is 3.43. The number of nitrogens with zero attached hydrogens (tertiary/aromatic N) is 1. The second-order valence-electron chi connectivity index (χ2n) is 6.84. The van der Waals surface area contributed by atoms with E-state index in [9.17, 15) is 13.2 Å². The Morgan fingerprint density at radius 2 is 1.50 bits per heavy atom. The molecule has 0 saturated heterocycles. The number of carbonyl (C=O) groups is 1. The molecule has 0 fully saturated rings. The Kier molecular flexibility index (Phi) is 6.42. The topological polar surface area (TPSA) is 75.7 Å². The van der Waals surface area contributed by atoms with E-state index in [0.29, 0.717) is 17.1 Å². The van der Waals surface area contributed by atoms with Crippen molar-refractivity contribution in [2.45, 2.75) is 18.7 Å². The van der Waals surface area contributed by atoms with Gasteiger partial charge < -0.3 is 10.1 Å². The van der Waals surface area contributed by atoms with Gasteiger partial charge in [-0.2, -0.15) is 0 Å². The summed E-state index contributed by atoms with van der Waals surface area (Å²) in [5, 5.41) is 2.86. The van der Waals surface area contributed by atoms with Crippen LogP contribution in [0.5, 0.6) is 5.75 Å². The van der Waals surface area contributed by atoms with E-state index in [1.807, 2.05) is 32.0 Å². The van der Waals surface area contributed by atoms with Gasteiger partial charge in [-0.15, -0.1) is 0 Å². The molecule has 0 spiro atoms. The lowest BCUT2D eigenvalue weighted by Crippen LogP contribution is -2.38. The monoisotopic (exact) mass is 424 g/mol. The van der Waals surface area contributed by atoms with Gasteiger partial charge in [-0.1, -0.05) is 36.4 Å². The number of carbonyl (C=O) groups excluding carboxylic acids is 1. The molecular formula is C23H24N2O4S. The van der Waals surface area contributed by atoms with E-state index in [0.717, 1.165) is 15.4 Å². The smallest absolute Gasteiger partial charge is 0.264 e. The third-order valence-corrected chi connectivity index (χ3v) is 6.51. The molecule has 0 aromatic heterocycles. The van der Waals surface area contributed by atoms with Crippen LogP contribution in [0.3, 0.4) is 0 Å². The molecule has 1 N–H and O–H groups in total. The number of aryl methyl sites for hydroxylation is 2. The number of ether oxygens (including phenoxy) is 1. The number of hydrogen-bond donors (Lipinski definition) is 1. The summed E-state index contributed by atoms with van der Waals surface area (Å²) in [5.41, 5.74) is 2.92. The first kappa shape index (κ1) is 21.4. The molecule has 156 valence electrons. The first-order valence-corrected chi connectivity index (χ1v) is 10.8. The Morgan fingerprint density at radius 1 is 0.900 bits per heavy atom. The highest BCUT2D eigenvalue weighted by molar-refractivity contribution is 7.92.